The summed E-state index contributed by atoms with van der Waals surface area (Å²) in [4.78, 5) is 12.5. The van der Waals surface area contributed by atoms with E-state index in [4.69, 9.17) is 34.8 Å². The number of nitrogens with one attached hydrogen (secondary N) is 1. The number of amides is 1. The van der Waals surface area contributed by atoms with Crippen LogP contribution >= 0.6 is 34.8 Å². The third-order valence-electron chi connectivity index (χ3n) is 3.40. The first-order valence-electron chi connectivity index (χ1n) is 7.09. The summed E-state index contributed by atoms with van der Waals surface area (Å²) >= 11 is 18.0. The molecule has 0 aliphatic carbocycles. The van der Waals surface area contributed by atoms with Gasteiger partial charge in [0, 0.05) is 35.4 Å². The van der Waals surface area contributed by atoms with Gasteiger partial charge in [-0.15, -0.1) is 0 Å². The minimum Gasteiger partial charge on any atom is -0.388 e. The zero-order valence-corrected chi connectivity index (χ0v) is 15.7. The van der Waals surface area contributed by atoms with Crippen molar-refractivity contribution in [3.05, 3.63) is 62.6 Å². The molecule has 0 aromatic heterocycles. The van der Waals surface area contributed by atoms with Gasteiger partial charge in [0.15, 0.2) is 0 Å². The number of nitrogens with zero attached hydrogens (tertiary/aromatic N) is 2. The largest absolute Gasteiger partial charge is 0.388 e. The number of carbonyl (C=O) groups excluding carboxylic acids is 1. The average Bonchev–Trinajstić information content (AvgIpc) is 2.54. The van der Waals surface area contributed by atoms with E-state index >= 15 is 0 Å². The second-order valence-corrected chi connectivity index (χ2v) is 6.36. The van der Waals surface area contributed by atoms with Crippen molar-refractivity contribution in [3.63, 3.8) is 0 Å². The van der Waals surface area contributed by atoms with Crippen molar-refractivity contribution in [2.45, 2.75) is 6.92 Å². The standard InChI is InChI=1S/C17H16Cl3N3O/c1-10(14-8-11(18)5-7-16(14)21-2)22-23(3)17(24)13-6-4-12(19)9-15(13)20/h4-9,21H,1-3H3/b22-10-. The van der Waals surface area contributed by atoms with Gasteiger partial charge in [-0.05, 0) is 43.3 Å². The van der Waals surface area contributed by atoms with Crippen LogP contribution < -0.4 is 5.32 Å². The number of halogens is 3. The molecule has 0 saturated carbocycles. The molecule has 1 amide bonds. The molecule has 1 N–H and O–H groups in total. The first-order chi connectivity index (χ1) is 11.3. The molecule has 2 rings (SSSR count). The van der Waals surface area contributed by atoms with Crippen molar-refractivity contribution >= 4 is 52.1 Å². The van der Waals surface area contributed by atoms with Gasteiger partial charge in [0.05, 0.1) is 16.3 Å². The average molecular weight is 385 g/mol. The molecule has 0 radical (unpaired) electrons. The lowest BCUT2D eigenvalue weighted by molar-refractivity contribution is 0.0799. The van der Waals surface area contributed by atoms with Crippen LogP contribution in [0.25, 0.3) is 0 Å². The van der Waals surface area contributed by atoms with Gasteiger partial charge in [-0.25, -0.2) is 5.01 Å². The van der Waals surface area contributed by atoms with Crippen molar-refractivity contribution in [1.29, 1.82) is 0 Å². The van der Waals surface area contributed by atoms with Crippen molar-refractivity contribution in [2.24, 2.45) is 5.10 Å². The maximum absolute atomic E-state index is 12.5. The summed E-state index contributed by atoms with van der Waals surface area (Å²) in [6.07, 6.45) is 0. The fraction of sp³-hybridized carbons (Fsp3) is 0.176. The van der Waals surface area contributed by atoms with E-state index in [2.05, 4.69) is 10.4 Å². The fourth-order valence-corrected chi connectivity index (χ4v) is 2.86. The molecule has 0 saturated heterocycles. The van der Waals surface area contributed by atoms with Gasteiger partial charge in [-0.2, -0.15) is 5.10 Å². The van der Waals surface area contributed by atoms with E-state index in [0.29, 0.717) is 21.3 Å². The topological polar surface area (TPSA) is 44.7 Å². The van der Waals surface area contributed by atoms with E-state index in [1.165, 1.54) is 11.1 Å². The number of carbonyl (C=O) groups is 1. The van der Waals surface area contributed by atoms with Crippen molar-refractivity contribution in [1.82, 2.24) is 5.01 Å². The summed E-state index contributed by atoms with van der Waals surface area (Å²) < 4.78 is 0. The Balaban J connectivity index is 2.33. The Labute approximate surface area is 156 Å². The first-order valence-corrected chi connectivity index (χ1v) is 8.23. The SMILES string of the molecule is CNc1ccc(Cl)cc1/C(C)=N\N(C)C(=O)c1ccc(Cl)cc1Cl. The molecule has 2 aromatic rings. The summed E-state index contributed by atoms with van der Waals surface area (Å²) in [6, 6.07) is 10.1. The maximum atomic E-state index is 12.5. The minimum absolute atomic E-state index is 0.283. The lowest BCUT2D eigenvalue weighted by atomic mass is 10.1. The van der Waals surface area contributed by atoms with E-state index in [9.17, 15) is 4.79 Å². The molecule has 0 unspecified atom stereocenters. The highest BCUT2D eigenvalue weighted by atomic mass is 35.5. The van der Waals surface area contributed by atoms with Gasteiger partial charge in [0.2, 0.25) is 0 Å². The van der Waals surface area contributed by atoms with Gasteiger partial charge in [-0.1, -0.05) is 34.8 Å². The Bertz CT molecular complexity index is 806. The molecule has 2 aromatic carbocycles. The zero-order valence-electron chi connectivity index (χ0n) is 13.4. The Morgan fingerprint density at radius 1 is 1.04 bits per heavy atom. The lowest BCUT2D eigenvalue weighted by Crippen LogP contribution is -2.23. The van der Waals surface area contributed by atoms with E-state index < -0.39 is 0 Å². The monoisotopic (exact) mass is 383 g/mol. The molecule has 0 atom stereocenters. The first kappa shape index (κ1) is 18.6. The van der Waals surface area contributed by atoms with E-state index in [1.54, 1.807) is 38.2 Å². The second-order valence-electron chi connectivity index (χ2n) is 5.08. The fourth-order valence-electron chi connectivity index (χ4n) is 2.20. The Kier molecular flexibility index (Phi) is 6.10. The third-order valence-corrected chi connectivity index (χ3v) is 4.18. The molecule has 0 heterocycles. The molecule has 0 aliphatic heterocycles. The zero-order chi connectivity index (χ0) is 17.9. The van der Waals surface area contributed by atoms with Gasteiger partial charge in [0.25, 0.3) is 5.91 Å². The van der Waals surface area contributed by atoms with Crippen LogP contribution in [-0.4, -0.2) is 30.7 Å². The number of hydrazone groups is 1. The quantitative estimate of drug-likeness (QED) is 0.583. The Hall–Kier alpha value is -1.75. The molecule has 0 fully saturated rings. The number of anilines is 1. The van der Waals surface area contributed by atoms with Gasteiger partial charge in [0.1, 0.15) is 0 Å². The Morgan fingerprint density at radius 3 is 2.29 bits per heavy atom. The minimum atomic E-state index is -0.330. The molecule has 7 heteroatoms. The second kappa shape index (κ2) is 7.88. The summed E-state index contributed by atoms with van der Waals surface area (Å²) in [5.41, 5.74) is 2.65. The molecule has 0 bridgehead atoms. The van der Waals surface area contributed by atoms with E-state index in [-0.39, 0.29) is 10.9 Å². The van der Waals surface area contributed by atoms with Gasteiger partial charge in [-0.3, -0.25) is 4.79 Å². The van der Waals surface area contributed by atoms with Crippen LogP contribution in [0.5, 0.6) is 0 Å². The lowest BCUT2D eigenvalue weighted by Gasteiger charge is -2.15. The van der Waals surface area contributed by atoms with Crippen molar-refractivity contribution < 1.29 is 4.79 Å². The van der Waals surface area contributed by atoms with Crippen LogP contribution in [0.1, 0.15) is 22.8 Å². The number of benzene rings is 2. The summed E-state index contributed by atoms with van der Waals surface area (Å²) in [5.74, 6) is -0.330. The third kappa shape index (κ3) is 4.20. The maximum Gasteiger partial charge on any atom is 0.275 e. The van der Waals surface area contributed by atoms with Crippen molar-refractivity contribution in [3.8, 4) is 0 Å². The number of rotatable bonds is 4. The Morgan fingerprint density at radius 2 is 1.67 bits per heavy atom. The highest BCUT2D eigenvalue weighted by molar-refractivity contribution is 6.36. The number of hydrogen-bond acceptors (Lipinski definition) is 3. The number of hydrogen-bond donors (Lipinski definition) is 1. The van der Waals surface area contributed by atoms with Gasteiger partial charge < -0.3 is 5.32 Å². The van der Waals surface area contributed by atoms with Gasteiger partial charge >= 0.3 is 0 Å². The predicted octanol–water partition coefficient (Wildman–Crippen LogP) is 5.18. The normalized spacial score (nSPS) is 11.3. The molecule has 4 nitrogen and oxygen atoms in total. The van der Waals surface area contributed by atoms with E-state index in [0.717, 1.165) is 11.3 Å². The molecule has 24 heavy (non-hydrogen) atoms. The van der Waals surface area contributed by atoms with Crippen molar-refractivity contribution in [2.75, 3.05) is 19.4 Å². The van der Waals surface area contributed by atoms with Crippen LogP contribution in [0.2, 0.25) is 15.1 Å². The van der Waals surface area contributed by atoms with E-state index in [1.807, 2.05) is 13.1 Å². The van der Waals surface area contributed by atoms with Crippen LogP contribution in [0.3, 0.4) is 0 Å². The highest BCUT2D eigenvalue weighted by Crippen LogP contribution is 2.24. The highest BCUT2D eigenvalue weighted by Gasteiger charge is 2.16. The molecule has 126 valence electrons. The molecule has 0 spiro atoms. The van der Waals surface area contributed by atoms with Crippen LogP contribution in [0.4, 0.5) is 5.69 Å². The summed E-state index contributed by atoms with van der Waals surface area (Å²) in [6.45, 7) is 1.81. The smallest absolute Gasteiger partial charge is 0.275 e. The van der Waals surface area contributed by atoms with Crippen LogP contribution in [-0.2, 0) is 0 Å². The summed E-state index contributed by atoms with van der Waals surface area (Å²) in [5, 5.41) is 10.0. The molecular weight excluding hydrogens is 369 g/mol. The molecule has 0 aliphatic rings. The molecular formula is C17H16Cl3N3O. The summed E-state index contributed by atoms with van der Waals surface area (Å²) in [7, 11) is 3.38. The van der Waals surface area contributed by atoms with Crippen LogP contribution in [0.15, 0.2) is 41.5 Å². The predicted molar refractivity (Wildman–Crippen MR) is 102 cm³/mol. The van der Waals surface area contributed by atoms with Crippen LogP contribution in [0, 0.1) is 0 Å².